The summed E-state index contributed by atoms with van der Waals surface area (Å²) in [5, 5.41) is 5.77. The zero-order valence-corrected chi connectivity index (χ0v) is 17.1. The number of ether oxygens (including phenoxy) is 1. The largest absolute Gasteiger partial charge is 0.489 e. The van der Waals surface area contributed by atoms with Gasteiger partial charge < -0.3 is 15.4 Å². The fourth-order valence-corrected chi connectivity index (χ4v) is 2.80. The molecule has 0 radical (unpaired) electrons. The molecule has 0 heterocycles. The summed E-state index contributed by atoms with van der Waals surface area (Å²) >= 11 is 0. The van der Waals surface area contributed by atoms with Gasteiger partial charge in [-0.25, -0.2) is 0 Å². The summed E-state index contributed by atoms with van der Waals surface area (Å²) in [6, 6.07) is 21.4. The third-order valence-corrected chi connectivity index (χ3v) is 4.35. The van der Waals surface area contributed by atoms with Crippen molar-refractivity contribution in [1.82, 2.24) is 0 Å². The molecule has 0 atom stereocenters. The summed E-state index contributed by atoms with van der Waals surface area (Å²) in [4.78, 5) is 25.0. The minimum Gasteiger partial charge on any atom is -0.489 e. The summed E-state index contributed by atoms with van der Waals surface area (Å²) in [6.07, 6.45) is 0. The highest BCUT2D eigenvalue weighted by Gasteiger charge is 2.10. The molecule has 0 unspecified atom stereocenters. The van der Waals surface area contributed by atoms with Gasteiger partial charge in [0, 0.05) is 22.5 Å². The van der Waals surface area contributed by atoms with Gasteiger partial charge in [0.2, 0.25) is 0 Å². The van der Waals surface area contributed by atoms with Gasteiger partial charge in [0.05, 0.1) is 0 Å². The van der Waals surface area contributed by atoms with Crippen molar-refractivity contribution in [2.45, 2.75) is 13.8 Å². The lowest BCUT2D eigenvalue weighted by Gasteiger charge is -2.12. The maximum Gasteiger partial charge on any atom is 0.255 e. The molecule has 0 aliphatic carbocycles. The standard InChI is InChI=1S/C25H24N2O3/c1-17(2)16-30-22-11-7-10-20(15-22)25(29)26-21-12-13-23(18(3)14-21)27-24(28)19-8-5-4-6-9-19/h4-15H,1,16H2,2-3H3,(H,26,29)(H,27,28). The first-order chi connectivity index (χ1) is 14.4. The second-order valence-corrected chi connectivity index (χ2v) is 7.08. The number of rotatable bonds is 7. The Bertz CT molecular complexity index is 1070. The van der Waals surface area contributed by atoms with Crippen molar-refractivity contribution in [2.75, 3.05) is 17.2 Å². The molecule has 152 valence electrons. The van der Waals surface area contributed by atoms with E-state index in [0.717, 1.165) is 11.1 Å². The number of carbonyl (C=O) groups excluding carboxylic acids is 2. The average molecular weight is 400 g/mol. The minimum absolute atomic E-state index is 0.179. The Labute approximate surface area is 176 Å². The quantitative estimate of drug-likeness (QED) is 0.518. The fraction of sp³-hybridized carbons (Fsp3) is 0.120. The van der Waals surface area contributed by atoms with Crippen LogP contribution in [0, 0.1) is 6.92 Å². The number of benzene rings is 3. The molecule has 0 spiro atoms. The van der Waals surface area contributed by atoms with Gasteiger partial charge in [-0.2, -0.15) is 0 Å². The number of anilines is 2. The molecule has 0 aromatic heterocycles. The number of aryl methyl sites for hydroxylation is 1. The SMILES string of the molecule is C=C(C)COc1cccc(C(=O)Nc2ccc(NC(=O)c3ccccc3)c(C)c2)c1. The smallest absolute Gasteiger partial charge is 0.255 e. The summed E-state index contributed by atoms with van der Waals surface area (Å²) < 4.78 is 5.60. The van der Waals surface area contributed by atoms with Crippen molar-refractivity contribution in [2.24, 2.45) is 0 Å². The zero-order valence-electron chi connectivity index (χ0n) is 17.1. The van der Waals surface area contributed by atoms with E-state index in [1.807, 2.05) is 38.1 Å². The van der Waals surface area contributed by atoms with E-state index in [9.17, 15) is 9.59 Å². The van der Waals surface area contributed by atoms with Crippen LogP contribution in [0.25, 0.3) is 0 Å². The van der Waals surface area contributed by atoms with Crippen LogP contribution >= 0.6 is 0 Å². The second kappa shape index (κ2) is 9.56. The van der Waals surface area contributed by atoms with Gasteiger partial charge in [-0.05, 0) is 73.5 Å². The van der Waals surface area contributed by atoms with Crippen molar-refractivity contribution in [3.8, 4) is 5.75 Å². The Morgan fingerprint density at radius 3 is 2.27 bits per heavy atom. The lowest BCUT2D eigenvalue weighted by molar-refractivity contribution is 0.101. The average Bonchev–Trinajstić information content (AvgIpc) is 2.75. The van der Waals surface area contributed by atoms with Crippen molar-refractivity contribution in [1.29, 1.82) is 0 Å². The Kier molecular flexibility index (Phi) is 6.65. The monoisotopic (exact) mass is 400 g/mol. The lowest BCUT2D eigenvalue weighted by atomic mass is 10.1. The number of amides is 2. The fourth-order valence-electron chi connectivity index (χ4n) is 2.80. The molecule has 5 heteroatoms. The van der Waals surface area contributed by atoms with Gasteiger partial charge in [-0.1, -0.05) is 30.8 Å². The van der Waals surface area contributed by atoms with Crippen LogP contribution in [0.5, 0.6) is 5.75 Å². The van der Waals surface area contributed by atoms with Crippen molar-refractivity contribution in [3.63, 3.8) is 0 Å². The molecule has 3 rings (SSSR count). The van der Waals surface area contributed by atoms with E-state index in [0.29, 0.717) is 34.9 Å². The van der Waals surface area contributed by atoms with E-state index in [2.05, 4.69) is 17.2 Å². The maximum atomic E-state index is 12.6. The van der Waals surface area contributed by atoms with Gasteiger partial charge in [0.25, 0.3) is 11.8 Å². The summed E-state index contributed by atoms with van der Waals surface area (Å²) in [5.41, 5.74) is 4.16. The first-order valence-corrected chi connectivity index (χ1v) is 9.58. The topological polar surface area (TPSA) is 67.4 Å². The molecule has 30 heavy (non-hydrogen) atoms. The molecule has 0 fully saturated rings. The molecule has 3 aromatic rings. The Balaban J connectivity index is 1.67. The van der Waals surface area contributed by atoms with Crippen LogP contribution in [0.1, 0.15) is 33.2 Å². The molecule has 0 bridgehead atoms. The van der Waals surface area contributed by atoms with Crippen LogP contribution in [0.15, 0.2) is 84.9 Å². The summed E-state index contributed by atoms with van der Waals surface area (Å²) in [6.45, 7) is 7.96. The van der Waals surface area contributed by atoms with Gasteiger partial charge in [0.15, 0.2) is 0 Å². The van der Waals surface area contributed by atoms with Gasteiger partial charge in [0.1, 0.15) is 12.4 Å². The summed E-state index contributed by atoms with van der Waals surface area (Å²) in [5.74, 6) is 0.194. The molecule has 0 aliphatic rings. The van der Waals surface area contributed by atoms with E-state index < -0.39 is 0 Å². The van der Waals surface area contributed by atoms with Gasteiger partial charge in [-0.3, -0.25) is 9.59 Å². The van der Waals surface area contributed by atoms with Crippen LogP contribution < -0.4 is 15.4 Å². The maximum absolute atomic E-state index is 12.6. The van der Waals surface area contributed by atoms with Gasteiger partial charge >= 0.3 is 0 Å². The number of nitrogens with one attached hydrogen (secondary N) is 2. The third kappa shape index (κ3) is 5.58. The van der Waals surface area contributed by atoms with Crippen LogP contribution in [-0.4, -0.2) is 18.4 Å². The van der Waals surface area contributed by atoms with Crippen molar-refractivity contribution < 1.29 is 14.3 Å². The highest BCUT2D eigenvalue weighted by molar-refractivity contribution is 6.06. The van der Waals surface area contributed by atoms with Crippen molar-refractivity contribution in [3.05, 3.63) is 102 Å². The highest BCUT2D eigenvalue weighted by Crippen LogP contribution is 2.22. The predicted molar refractivity (Wildman–Crippen MR) is 120 cm³/mol. The van der Waals surface area contributed by atoms with E-state index in [-0.39, 0.29) is 11.8 Å². The van der Waals surface area contributed by atoms with Crippen LogP contribution in [0.4, 0.5) is 11.4 Å². The first kappa shape index (κ1) is 20.9. The molecule has 3 aromatic carbocycles. The van der Waals surface area contributed by atoms with Crippen LogP contribution in [-0.2, 0) is 0 Å². The van der Waals surface area contributed by atoms with E-state index in [1.165, 1.54) is 0 Å². The van der Waals surface area contributed by atoms with Crippen LogP contribution in [0.2, 0.25) is 0 Å². The Morgan fingerprint density at radius 1 is 0.867 bits per heavy atom. The molecule has 5 nitrogen and oxygen atoms in total. The molecule has 0 saturated carbocycles. The Morgan fingerprint density at radius 2 is 1.57 bits per heavy atom. The molecular weight excluding hydrogens is 376 g/mol. The highest BCUT2D eigenvalue weighted by atomic mass is 16.5. The van der Waals surface area contributed by atoms with Crippen LogP contribution in [0.3, 0.4) is 0 Å². The molecule has 0 saturated heterocycles. The van der Waals surface area contributed by atoms with E-state index in [1.54, 1.807) is 48.5 Å². The number of carbonyl (C=O) groups is 2. The second-order valence-electron chi connectivity index (χ2n) is 7.08. The first-order valence-electron chi connectivity index (χ1n) is 9.58. The lowest BCUT2D eigenvalue weighted by Crippen LogP contribution is -2.14. The van der Waals surface area contributed by atoms with E-state index >= 15 is 0 Å². The van der Waals surface area contributed by atoms with Gasteiger partial charge in [-0.15, -0.1) is 0 Å². The van der Waals surface area contributed by atoms with Crippen molar-refractivity contribution >= 4 is 23.2 Å². The third-order valence-electron chi connectivity index (χ3n) is 4.35. The molecule has 2 N–H and O–H groups in total. The Hall–Kier alpha value is -3.86. The predicted octanol–water partition coefficient (Wildman–Crippen LogP) is 5.45. The summed E-state index contributed by atoms with van der Waals surface area (Å²) in [7, 11) is 0. The molecule has 2 amide bonds. The normalized spacial score (nSPS) is 10.2. The number of hydrogen-bond donors (Lipinski definition) is 2. The van der Waals surface area contributed by atoms with E-state index in [4.69, 9.17) is 4.74 Å². The minimum atomic E-state index is -0.240. The zero-order chi connectivity index (χ0) is 21.5. The molecule has 0 aliphatic heterocycles. The molecular formula is C25H24N2O3. The number of hydrogen-bond acceptors (Lipinski definition) is 3.